The Hall–Kier alpha value is -2.24. The van der Waals surface area contributed by atoms with Crippen LogP contribution in [0.1, 0.15) is 19.4 Å². The molecule has 1 rings (SSSR count). The quantitative estimate of drug-likeness (QED) is 0.486. The molecule has 0 saturated heterocycles. The number of carbonyl (C=O) groups excluding carboxylic acids is 1. The Morgan fingerprint density at radius 3 is 2.47 bits per heavy atom. The maximum atomic E-state index is 11.5. The first-order valence-electron chi connectivity index (χ1n) is 6.14. The van der Waals surface area contributed by atoms with E-state index in [-0.39, 0.29) is 12.1 Å². The third-order valence-corrected chi connectivity index (χ3v) is 2.35. The summed E-state index contributed by atoms with van der Waals surface area (Å²) in [6.45, 7) is 4.42. The third-order valence-electron chi connectivity index (χ3n) is 2.35. The Morgan fingerprint density at radius 2 is 1.95 bits per heavy atom. The summed E-state index contributed by atoms with van der Waals surface area (Å²) in [5.41, 5.74) is 7.34. The Morgan fingerprint density at radius 1 is 1.32 bits per heavy atom. The van der Waals surface area contributed by atoms with E-state index in [1.54, 1.807) is 7.05 Å². The average molecular weight is 263 g/mol. The van der Waals surface area contributed by atoms with Crippen molar-refractivity contribution in [1.29, 1.82) is 0 Å². The number of benzene rings is 1. The molecule has 0 saturated carbocycles. The topological polar surface area (TPSA) is 91.5 Å². The summed E-state index contributed by atoms with van der Waals surface area (Å²) in [7, 11) is 1.63. The second kappa shape index (κ2) is 7.25. The molecule has 0 unspecified atom stereocenters. The summed E-state index contributed by atoms with van der Waals surface area (Å²) in [4.78, 5) is 15.3. The molecule has 1 aromatic carbocycles. The van der Waals surface area contributed by atoms with E-state index in [0.29, 0.717) is 12.5 Å². The zero-order chi connectivity index (χ0) is 14.3. The van der Waals surface area contributed by atoms with E-state index in [1.165, 1.54) is 0 Å². The SMILES string of the molecule is CN=C(N)NCc1ccc(NC(=O)NC(C)C)cc1. The van der Waals surface area contributed by atoms with Gasteiger partial charge in [0.15, 0.2) is 5.96 Å². The molecule has 1 aromatic rings. The van der Waals surface area contributed by atoms with E-state index in [4.69, 9.17) is 5.73 Å². The molecule has 0 aromatic heterocycles. The number of hydrogen-bond acceptors (Lipinski definition) is 2. The van der Waals surface area contributed by atoms with Crippen molar-refractivity contribution in [2.75, 3.05) is 12.4 Å². The number of urea groups is 1. The predicted molar refractivity (Wildman–Crippen MR) is 78.1 cm³/mol. The van der Waals surface area contributed by atoms with Crippen LogP contribution >= 0.6 is 0 Å². The molecule has 0 bridgehead atoms. The lowest BCUT2D eigenvalue weighted by Crippen LogP contribution is -2.34. The van der Waals surface area contributed by atoms with Crippen LogP contribution in [0.25, 0.3) is 0 Å². The van der Waals surface area contributed by atoms with E-state index >= 15 is 0 Å². The van der Waals surface area contributed by atoms with Gasteiger partial charge in [0.2, 0.25) is 0 Å². The van der Waals surface area contributed by atoms with Crippen LogP contribution in [0, 0.1) is 0 Å². The molecular weight excluding hydrogens is 242 g/mol. The molecule has 6 nitrogen and oxygen atoms in total. The fourth-order valence-corrected chi connectivity index (χ4v) is 1.41. The van der Waals surface area contributed by atoms with Crippen molar-refractivity contribution >= 4 is 17.7 Å². The first-order chi connectivity index (χ1) is 9.01. The van der Waals surface area contributed by atoms with Crippen LogP contribution in [0.3, 0.4) is 0 Å². The average Bonchev–Trinajstić information content (AvgIpc) is 2.36. The summed E-state index contributed by atoms with van der Waals surface area (Å²) >= 11 is 0. The van der Waals surface area contributed by atoms with Crippen molar-refractivity contribution in [1.82, 2.24) is 10.6 Å². The van der Waals surface area contributed by atoms with E-state index in [1.807, 2.05) is 38.1 Å². The van der Waals surface area contributed by atoms with Gasteiger partial charge in [0.25, 0.3) is 0 Å². The summed E-state index contributed by atoms with van der Waals surface area (Å²) in [5, 5.41) is 8.48. The first-order valence-corrected chi connectivity index (χ1v) is 6.14. The van der Waals surface area contributed by atoms with Crippen molar-refractivity contribution in [2.24, 2.45) is 10.7 Å². The molecule has 0 aliphatic heterocycles. The molecule has 0 aliphatic rings. The minimum absolute atomic E-state index is 0.111. The molecule has 0 heterocycles. The molecule has 0 atom stereocenters. The number of hydrogen-bond donors (Lipinski definition) is 4. The standard InChI is InChI=1S/C13H21N5O/c1-9(2)17-13(19)18-11-6-4-10(5-7-11)8-16-12(14)15-3/h4-7,9H,8H2,1-3H3,(H3,14,15,16)(H2,17,18,19). The van der Waals surface area contributed by atoms with Gasteiger partial charge < -0.3 is 21.7 Å². The minimum Gasteiger partial charge on any atom is -0.370 e. The van der Waals surface area contributed by atoms with Gasteiger partial charge in [0, 0.05) is 25.3 Å². The third kappa shape index (κ3) is 5.76. The van der Waals surface area contributed by atoms with Gasteiger partial charge in [-0.3, -0.25) is 4.99 Å². The monoisotopic (exact) mass is 263 g/mol. The Labute approximate surface area is 113 Å². The number of carbonyl (C=O) groups is 1. The number of amides is 2. The molecule has 0 radical (unpaired) electrons. The van der Waals surface area contributed by atoms with Crippen molar-refractivity contribution in [3.8, 4) is 0 Å². The van der Waals surface area contributed by atoms with E-state index in [9.17, 15) is 4.79 Å². The highest BCUT2D eigenvalue weighted by Gasteiger charge is 2.03. The maximum absolute atomic E-state index is 11.5. The number of nitrogens with zero attached hydrogens (tertiary/aromatic N) is 1. The Balaban J connectivity index is 2.49. The molecular formula is C13H21N5O. The molecule has 6 heteroatoms. The van der Waals surface area contributed by atoms with Gasteiger partial charge in [-0.05, 0) is 31.5 Å². The molecule has 0 fully saturated rings. The van der Waals surface area contributed by atoms with Crippen LogP contribution in [-0.2, 0) is 6.54 Å². The Bertz CT molecular complexity index is 439. The number of aliphatic imine (C=N–C) groups is 1. The highest BCUT2D eigenvalue weighted by atomic mass is 16.2. The van der Waals surface area contributed by atoms with Crippen LogP contribution in [0.5, 0.6) is 0 Å². The number of nitrogens with two attached hydrogens (primary N) is 1. The molecule has 0 aliphatic carbocycles. The van der Waals surface area contributed by atoms with Gasteiger partial charge >= 0.3 is 6.03 Å². The van der Waals surface area contributed by atoms with Gasteiger partial charge in [-0.25, -0.2) is 4.79 Å². The molecule has 2 amide bonds. The van der Waals surface area contributed by atoms with Crippen molar-refractivity contribution < 1.29 is 4.79 Å². The second-order valence-electron chi connectivity index (χ2n) is 4.41. The van der Waals surface area contributed by atoms with Crippen LogP contribution in [0.15, 0.2) is 29.3 Å². The van der Waals surface area contributed by atoms with Gasteiger partial charge in [0.05, 0.1) is 0 Å². The van der Waals surface area contributed by atoms with E-state index in [2.05, 4.69) is 20.9 Å². The summed E-state index contributed by atoms with van der Waals surface area (Å²) < 4.78 is 0. The zero-order valence-electron chi connectivity index (χ0n) is 11.5. The fraction of sp³-hybridized carbons (Fsp3) is 0.385. The smallest absolute Gasteiger partial charge is 0.319 e. The fourth-order valence-electron chi connectivity index (χ4n) is 1.41. The lowest BCUT2D eigenvalue weighted by Gasteiger charge is -2.10. The van der Waals surface area contributed by atoms with Crippen LogP contribution in [-0.4, -0.2) is 25.1 Å². The zero-order valence-corrected chi connectivity index (χ0v) is 11.5. The summed E-state index contributed by atoms with van der Waals surface area (Å²) in [6, 6.07) is 7.43. The molecule has 104 valence electrons. The summed E-state index contributed by atoms with van der Waals surface area (Å²) in [6.07, 6.45) is 0. The molecule has 0 spiro atoms. The number of rotatable bonds is 4. The number of anilines is 1. The number of nitrogens with one attached hydrogen (secondary N) is 3. The second-order valence-corrected chi connectivity index (χ2v) is 4.41. The van der Waals surface area contributed by atoms with Crippen molar-refractivity contribution in [3.05, 3.63) is 29.8 Å². The predicted octanol–water partition coefficient (Wildman–Crippen LogP) is 1.25. The lowest BCUT2D eigenvalue weighted by atomic mass is 10.2. The van der Waals surface area contributed by atoms with Crippen LogP contribution in [0.2, 0.25) is 0 Å². The van der Waals surface area contributed by atoms with Crippen molar-refractivity contribution in [3.63, 3.8) is 0 Å². The van der Waals surface area contributed by atoms with Gasteiger partial charge in [-0.1, -0.05) is 12.1 Å². The van der Waals surface area contributed by atoms with Gasteiger partial charge in [-0.15, -0.1) is 0 Å². The van der Waals surface area contributed by atoms with E-state index < -0.39 is 0 Å². The van der Waals surface area contributed by atoms with Gasteiger partial charge in [0.1, 0.15) is 0 Å². The largest absolute Gasteiger partial charge is 0.370 e. The highest BCUT2D eigenvalue weighted by Crippen LogP contribution is 2.09. The lowest BCUT2D eigenvalue weighted by molar-refractivity contribution is 0.250. The van der Waals surface area contributed by atoms with Crippen LogP contribution in [0.4, 0.5) is 10.5 Å². The highest BCUT2D eigenvalue weighted by molar-refractivity contribution is 5.89. The van der Waals surface area contributed by atoms with Crippen LogP contribution < -0.4 is 21.7 Å². The first kappa shape index (κ1) is 14.8. The normalized spacial score (nSPS) is 11.3. The molecule has 19 heavy (non-hydrogen) atoms. The van der Waals surface area contributed by atoms with Crippen molar-refractivity contribution in [2.45, 2.75) is 26.4 Å². The molecule has 5 N–H and O–H groups in total. The Kier molecular flexibility index (Phi) is 5.66. The maximum Gasteiger partial charge on any atom is 0.319 e. The number of guanidine groups is 1. The summed E-state index contributed by atoms with van der Waals surface area (Å²) in [5.74, 6) is 0.401. The van der Waals surface area contributed by atoms with E-state index in [0.717, 1.165) is 11.3 Å². The van der Waals surface area contributed by atoms with Gasteiger partial charge in [-0.2, -0.15) is 0 Å². The minimum atomic E-state index is -0.205.